The lowest BCUT2D eigenvalue weighted by molar-refractivity contribution is 0.0904. The minimum absolute atomic E-state index is 0.100. The number of carbonyl (C=O) groups is 1. The lowest BCUT2D eigenvalue weighted by Crippen LogP contribution is -2.49. The second-order valence-corrected chi connectivity index (χ2v) is 10.5. The number of nitrogens with zero attached hydrogens (tertiary/aromatic N) is 2. The molecule has 1 aliphatic carbocycles. The highest BCUT2D eigenvalue weighted by Gasteiger charge is 2.33. The summed E-state index contributed by atoms with van der Waals surface area (Å²) in [5.41, 5.74) is 1.78. The fraction of sp³-hybridized carbons (Fsp3) is 0.583. The Morgan fingerprint density at radius 1 is 1.23 bits per heavy atom. The molecule has 31 heavy (non-hydrogen) atoms. The molecule has 3 fully saturated rings. The van der Waals surface area contributed by atoms with Crippen LogP contribution in [0.1, 0.15) is 66.3 Å². The van der Waals surface area contributed by atoms with Crippen LogP contribution in [-0.4, -0.2) is 52.3 Å². The van der Waals surface area contributed by atoms with Gasteiger partial charge in [-0.15, -0.1) is 0 Å². The maximum atomic E-state index is 12.8. The van der Waals surface area contributed by atoms with Crippen molar-refractivity contribution >= 4 is 17.9 Å². The minimum Gasteiger partial charge on any atom is -0.360 e. The van der Waals surface area contributed by atoms with Crippen LogP contribution in [0.15, 0.2) is 40.9 Å². The fourth-order valence-corrected chi connectivity index (χ4v) is 6.08. The molecule has 3 atom stereocenters. The average Bonchev–Trinajstić information content (AvgIpc) is 3.53. The Bertz CT molecular complexity index is 863. The van der Waals surface area contributed by atoms with Gasteiger partial charge in [0, 0.05) is 42.4 Å². The van der Waals surface area contributed by atoms with Crippen LogP contribution in [0.2, 0.25) is 0 Å². The molecular formula is C24H32N4O2S. The molecule has 3 aliphatic rings. The van der Waals surface area contributed by atoms with E-state index in [1.54, 1.807) is 0 Å². The SMILES string of the molecule is O=C(NC1CCN(SC2CCCNC2)C(Cc2ccccc2)C1)c1cc(C2CC2)on1. The van der Waals surface area contributed by atoms with E-state index in [2.05, 4.69) is 50.4 Å². The van der Waals surface area contributed by atoms with Crippen molar-refractivity contribution < 1.29 is 9.32 Å². The summed E-state index contributed by atoms with van der Waals surface area (Å²) < 4.78 is 7.96. The number of piperidine rings is 2. The Morgan fingerprint density at radius 3 is 2.87 bits per heavy atom. The Kier molecular flexibility index (Phi) is 6.62. The molecule has 6 nitrogen and oxygen atoms in total. The number of benzene rings is 1. The van der Waals surface area contributed by atoms with Crippen LogP contribution in [-0.2, 0) is 6.42 Å². The van der Waals surface area contributed by atoms with Crippen molar-refractivity contribution in [2.75, 3.05) is 19.6 Å². The topological polar surface area (TPSA) is 70.4 Å². The molecule has 1 aromatic carbocycles. The van der Waals surface area contributed by atoms with Gasteiger partial charge >= 0.3 is 0 Å². The first kappa shape index (κ1) is 21.0. The highest BCUT2D eigenvalue weighted by atomic mass is 32.2. The number of hydrogen-bond donors (Lipinski definition) is 2. The van der Waals surface area contributed by atoms with Crippen LogP contribution < -0.4 is 10.6 Å². The van der Waals surface area contributed by atoms with Crippen LogP contribution in [0.25, 0.3) is 0 Å². The summed E-state index contributed by atoms with van der Waals surface area (Å²) in [4.78, 5) is 12.8. The molecule has 2 saturated heterocycles. The van der Waals surface area contributed by atoms with E-state index in [9.17, 15) is 4.79 Å². The smallest absolute Gasteiger partial charge is 0.273 e. The van der Waals surface area contributed by atoms with E-state index < -0.39 is 0 Å². The molecule has 5 rings (SSSR count). The van der Waals surface area contributed by atoms with Crippen LogP contribution in [0.3, 0.4) is 0 Å². The van der Waals surface area contributed by atoms with Gasteiger partial charge in [0.05, 0.1) is 0 Å². The summed E-state index contributed by atoms with van der Waals surface area (Å²) in [5.74, 6) is 1.23. The first-order chi connectivity index (χ1) is 15.2. The monoisotopic (exact) mass is 440 g/mol. The van der Waals surface area contributed by atoms with E-state index in [-0.39, 0.29) is 11.9 Å². The van der Waals surface area contributed by atoms with Gasteiger partial charge < -0.3 is 15.2 Å². The molecule has 1 amide bonds. The average molecular weight is 441 g/mol. The third kappa shape index (κ3) is 5.51. The summed E-state index contributed by atoms with van der Waals surface area (Å²) in [6, 6.07) is 13.1. The Balaban J connectivity index is 1.23. The number of amides is 1. The number of rotatable bonds is 7. The van der Waals surface area contributed by atoms with E-state index in [1.165, 1.54) is 18.4 Å². The van der Waals surface area contributed by atoms with Crippen molar-refractivity contribution in [3.05, 3.63) is 53.4 Å². The normalized spacial score (nSPS) is 27.2. The summed E-state index contributed by atoms with van der Waals surface area (Å²) in [5, 5.41) is 11.4. The molecule has 0 bridgehead atoms. The Morgan fingerprint density at radius 2 is 2.10 bits per heavy atom. The summed E-state index contributed by atoms with van der Waals surface area (Å²) in [6.07, 6.45) is 7.76. The van der Waals surface area contributed by atoms with Crippen LogP contribution in [0.4, 0.5) is 0 Å². The molecule has 2 aromatic rings. The van der Waals surface area contributed by atoms with E-state index >= 15 is 0 Å². The zero-order valence-corrected chi connectivity index (χ0v) is 18.8. The van der Waals surface area contributed by atoms with Gasteiger partial charge in [-0.2, -0.15) is 0 Å². The summed E-state index contributed by atoms with van der Waals surface area (Å²) in [6.45, 7) is 3.23. The van der Waals surface area contributed by atoms with Crippen molar-refractivity contribution in [1.29, 1.82) is 0 Å². The lowest BCUT2D eigenvalue weighted by atomic mass is 9.94. The predicted molar refractivity (Wildman–Crippen MR) is 123 cm³/mol. The standard InChI is InChI=1S/C24H32N4O2S/c29-24(22-15-23(30-27-22)18-8-9-18)26-19-10-12-28(31-21-7-4-11-25-16-21)20(14-19)13-17-5-2-1-3-6-17/h1-3,5-6,15,18-21,25H,4,7-14,16H2,(H,26,29). The van der Waals surface area contributed by atoms with E-state index in [1.807, 2.05) is 18.0 Å². The number of carbonyl (C=O) groups excluding carboxylic acids is 1. The van der Waals surface area contributed by atoms with Gasteiger partial charge in [0.15, 0.2) is 5.69 Å². The fourth-order valence-electron chi connectivity index (χ4n) is 4.69. The number of hydrogen-bond acceptors (Lipinski definition) is 6. The first-order valence-corrected chi connectivity index (χ1v) is 12.5. The molecule has 2 N–H and O–H groups in total. The molecule has 3 unspecified atom stereocenters. The minimum atomic E-state index is -0.100. The second-order valence-electron chi connectivity index (χ2n) is 9.14. The quantitative estimate of drug-likeness (QED) is 0.639. The zero-order valence-electron chi connectivity index (χ0n) is 18.0. The van der Waals surface area contributed by atoms with Gasteiger partial charge in [0.1, 0.15) is 5.76 Å². The van der Waals surface area contributed by atoms with Crippen LogP contribution >= 0.6 is 11.9 Å². The highest BCUT2D eigenvalue weighted by molar-refractivity contribution is 7.97. The Hall–Kier alpha value is -1.83. The van der Waals surface area contributed by atoms with Crippen molar-refractivity contribution in [2.24, 2.45) is 0 Å². The second kappa shape index (κ2) is 9.76. The van der Waals surface area contributed by atoms with Crippen molar-refractivity contribution in [1.82, 2.24) is 20.1 Å². The summed E-state index contributed by atoms with van der Waals surface area (Å²) in [7, 11) is 0. The molecule has 0 spiro atoms. The van der Waals surface area contributed by atoms with Gasteiger partial charge in [0.2, 0.25) is 0 Å². The van der Waals surface area contributed by atoms with Crippen molar-refractivity contribution in [3.63, 3.8) is 0 Å². The van der Waals surface area contributed by atoms with Gasteiger partial charge in [-0.3, -0.25) is 4.79 Å². The molecule has 0 radical (unpaired) electrons. The maximum Gasteiger partial charge on any atom is 0.273 e. The molecule has 166 valence electrons. The molecule has 3 heterocycles. The first-order valence-electron chi connectivity index (χ1n) is 11.7. The van der Waals surface area contributed by atoms with Gasteiger partial charge in [-0.05, 0) is 57.1 Å². The lowest BCUT2D eigenvalue weighted by Gasteiger charge is -2.41. The molecule has 1 aromatic heterocycles. The maximum absolute atomic E-state index is 12.8. The van der Waals surface area contributed by atoms with Crippen LogP contribution in [0, 0.1) is 0 Å². The Labute approximate surface area is 188 Å². The molecular weight excluding hydrogens is 408 g/mol. The number of nitrogens with one attached hydrogen (secondary N) is 2. The van der Waals surface area contributed by atoms with E-state index in [0.29, 0.717) is 22.9 Å². The van der Waals surface area contributed by atoms with E-state index in [0.717, 1.165) is 57.5 Å². The van der Waals surface area contributed by atoms with Crippen molar-refractivity contribution in [2.45, 2.75) is 68.2 Å². The zero-order chi connectivity index (χ0) is 21.0. The molecule has 2 aliphatic heterocycles. The highest BCUT2D eigenvalue weighted by Crippen LogP contribution is 2.40. The molecule has 7 heteroatoms. The van der Waals surface area contributed by atoms with Gasteiger partial charge in [-0.25, -0.2) is 4.31 Å². The predicted octanol–water partition coefficient (Wildman–Crippen LogP) is 3.76. The summed E-state index contributed by atoms with van der Waals surface area (Å²) >= 11 is 2.03. The molecule has 1 saturated carbocycles. The largest absolute Gasteiger partial charge is 0.360 e. The number of aromatic nitrogens is 1. The van der Waals surface area contributed by atoms with Gasteiger partial charge in [0.25, 0.3) is 5.91 Å². The third-order valence-electron chi connectivity index (χ3n) is 6.59. The van der Waals surface area contributed by atoms with Crippen molar-refractivity contribution in [3.8, 4) is 0 Å². The van der Waals surface area contributed by atoms with Crippen LogP contribution in [0.5, 0.6) is 0 Å². The van der Waals surface area contributed by atoms with E-state index in [4.69, 9.17) is 4.52 Å². The third-order valence-corrected chi connectivity index (χ3v) is 8.04. The van der Waals surface area contributed by atoms with Gasteiger partial charge in [-0.1, -0.05) is 47.4 Å².